The minimum absolute atomic E-state index is 0.0524. The molecule has 0 N–H and O–H groups in total. The Bertz CT molecular complexity index is 967. The Kier molecular flexibility index (Phi) is 7.85. The highest BCUT2D eigenvalue weighted by molar-refractivity contribution is 6.30. The van der Waals surface area contributed by atoms with Gasteiger partial charge in [-0.3, -0.25) is 9.59 Å². The lowest BCUT2D eigenvalue weighted by molar-refractivity contribution is -0.131. The summed E-state index contributed by atoms with van der Waals surface area (Å²) in [5.41, 5.74) is 1.56. The molecule has 1 saturated heterocycles. The van der Waals surface area contributed by atoms with Gasteiger partial charge in [0.15, 0.2) is 0 Å². The van der Waals surface area contributed by atoms with Crippen molar-refractivity contribution in [1.29, 1.82) is 0 Å². The van der Waals surface area contributed by atoms with Gasteiger partial charge in [-0.05, 0) is 30.2 Å². The summed E-state index contributed by atoms with van der Waals surface area (Å²) < 4.78 is 21.8. The summed E-state index contributed by atoms with van der Waals surface area (Å²) in [4.78, 5) is 27.4. The second-order valence-electron chi connectivity index (χ2n) is 7.61. The van der Waals surface area contributed by atoms with Gasteiger partial charge in [-0.2, -0.15) is 0 Å². The monoisotopic (exact) mass is 461 g/mol. The van der Waals surface area contributed by atoms with Gasteiger partial charge in [0, 0.05) is 42.5 Å². The van der Waals surface area contributed by atoms with E-state index in [4.69, 9.17) is 30.5 Å². The molecule has 1 amide bonds. The number of benzene rings is 2. The molecule has 3 rings (SSSR count). The second kappa shape index (κ2) is 10.6. The Morgan fingerprint density at radius 3 is 2.16 bits per heavy atom. The predicted octanol–water partition coefficient (Wildman–Crippen LogP) is 3.92. The molecule has 32 heavy (non-hydrogen) atoms. The van der Waals surface area contributed by atoms with Crippen molar-refractivity contribution in [1.82, 2.24) is 4.90 Å². The molecule has 172 valence electrons. The number of amides is 1. The first-order valence-electron chi connectivity index (χ1n) is 10.3. The zero-order valence-corrected chi connectivity index (χ0v) is 19.5. The van der Waals surface area contributed by atoms with E-state index in [1.807, 2.05) is 0 Å². The number of carbonyl (C=O) groups is 2. The molecule has 1 heterocycles. The highest BCUT2D eigenvalue weighted by Gasteiger charge is 2.31. The molecule has 7 nitrogen and oxygen atoms in total. The van der Waals surface area contributed by atoms with E-state index in [0.717, 1.165) is 11.1 Å². The fourth-order valence-electron chi connectivity index (χ4n) is 3.99. The summed E-state index contributed by atoms with van der Waals surface area (Å²) in [5.74, 6) is 1.96. The molecule has 1 aliphatic heterocycles. The highest BCUT2D eigenvalue weighted by atomic mass is 35.5. The molecule has 0 unspecified atom stereocenters. The molecular weight excluding hydrogens is 434 g/mol. The van der Waals surface area contributed by atoms with Gasteiger partial charge in [0.2, 0.25) is 5.91 Å². The number of rotatable bonds is 8. The Morgan fingerprint density at radius 2 is 1.56 bits per heavy atom. The van der Waals surface area contributed by atoms with Gasteiger partial charge in [-0.25, -0.2) is 0 Å². The Balaban J connectivity index is 1.90. The molecule has 1 atom stereocenters. The first-order valence-corrected chi connectivity index (χ1v) is 10.7. The van der Waals surface area contributed by atoms with E-state index in [2.05, 4.69) is 0 Å². The first kappa shape index (κ1) is 23.7. The van der Waals surface area contributed by atoms with Crippen LogP contribution in [0.25, 0.3) is 0 Å². The number of Topliss-reactive ketones (excluding diaryl/α,β-unsaturated/α-hetero) is 1. The molecule has 2 aromatic rings. The number of likely N-dealkylation sites (tertiary alicyclic amines) is 1. The minimum Gasteiger partial charge on any atom is -0.496 e. The molecule has 0 bridgehead atoms. The average molecular weight is 462 g/mol. The van der Waals surface area contributed by atoms with Gasteiger partial charge in [0.05, 0.1) is 40.5 Å². The number of nitrogens with zero attached hydrogens (tertiary/aromatic N) is 1. The van der Waals surface area contributed by atoms with Crippen molar-refractivity contribution in [3.63, 3.8) is 0 Å². The van der Waals surface area contributed by atoms with Crippen LogP contribution in [-0.4, -0.2) is 51.6 Å². The van der Waals surface area contributed by atoms with Gasteiger partial charge < -0.3 is 23.8 Å². The topological polar surface area (TPSA) is 74.3 Å². The molecule has 0 aliphatic carbocycles. The average Bonchev–Trinajstić information content (AvgIpc) is 2.93. The number of methoxy groups -OCH3 is 4. The van der Waals surface area contributed by atoms with Crippen molar-refractivity contribution in [3.05, 3.63) is 46.5 Å². The van der Waals surface area contributed by atoms with E-state index in [1.165, 1.54) is 0 Å². The number of ketones is 1. The molecule has 1 fully saturated rings. The van der Waals surface area contributed by atoms with Crippen molar-refractivity contribution in [2.24, 2.45) is 5.92 Å². The van der Waals surface area contributed by atoms with Crippen LogP contribution in [0.5, 0.6) is 23.0 Å². The predicted molar refractivity (Wildman–Crippen MR) is 121 cm³/mol. The Hall–Kier alpha value is -2.93. The van der Waals surface area contributed by atoms with Gasteiger partial charge >= 0.3 is 0 Å². The number of hydrogen-bond acceptors (Lipinski definition) is 6. The van der Waals surface area contributed by atoms with Gasteiger partial charge in [-0.1, -0.05) is 11.6 Å². The maximum absolute atomic E-state index is 12.9. The van der Waals surface area contributed by atoms with Crippen molar-refractivity contribution in [2.45, 2.75) is 25.8 Å². The second-order valence-corrected chi connectivity index (χ2v) is 8.04. The molecular formula is C24H28ClNO6. The fraction of sp³-hybridized carbons (Fsp3) is 0.417. The summed E-state index contributed by atoms with van der Waals surface area (Å²) in [5, 5.41) is 0.572. The third-order valence-electron chi connectivity index (χ3n) is 5.71. The largest absolute Gasteiger partial charge is 0.496 e. The van der Waals surface area contributed by atoms with Crippen molar-refractivity contribution in [2.75, 3.05) is 35.0 Å². The van der Waals surface area contributed by atoms with Crippen molar-refractivity contribution >= 4 is 23.3 Å². The van der Waals surface area contributed by atoms with Gasteiger partial charge in [0.1, 0.15) is 28.8 Å². The van der Waals surface area contributed by atoms with Crippen LogP contribution in [0.2, 0.25) is 5.02 Å². The van der Waals surface area contributed by atoms with Crippen LogP contribution >= 0.6 is 11.6 Å². The molecule has 0 radical (unpaired) electrons. The molecule has 0 aromatic heterocycles. The normalized spacial score (nSPS) is 16.5. The SMILES string of the molecule is COc1cc(OC)c(CN2C[C@@H](Cc3cc(Cl)ccc3OC)C(=O)CCC2=O)c(OC)c1. The molecule has 0 saturated carbocycles. The van der Waals surface area contributed by atoms with E-state index < -0.39 is 0 Å². The summed E-state index contributed by atoms with van der Waals surface area (Å²) in [6, 6.07) is 8.84. The first-order chi connectivity index (χ1) is 15.4. The van der Waals surface area contributed by atoms with Crippen molar-refractivity contribution < 1.29 is 28.5 Å². The number of carbonyl (C=O) groups excluding carboxylic acids is 2. The number of hydrogen-bond donors (Lipinski definition) is 0. The van der Waals surface area contributed by atoms with Crippen LogP contribution in [0.15, 0.2) is 30.3 Å². The Labute approximate surface area is 193 Å². The maximum Gasteiger partial charge on any atom is 0.223 e. The Morgan fingerprint density at radius 1 is 0.906 bits per heavy atom. The standard InChI is InChI=1S/C24H28ClNO6/c1-29-18-11-22(31-3)19(23(12-18)32-4)14-26-13-16(20(27)6-8-24(26)28)9-15-10-17(25)5-7-21(15)30-2/h5,7,10-12,16H,6,8-9,13-14H2,1-4H3/t16-/m1/s1. The lowest BCUT2D eigenvalue weighted by Gasteiger charge is -2.26. The molecule has 1 aliphatic rings. The lowest BCUT2D eigenvalue weighted by atomic mass is 9.93. The van der Waals surface area contributed by atoms with E-state index >= 15 is 0 Å². The van der Waals surface area contributed by atoms with E-state index in [1.54, 1.807) is 63.7 Å². The number of ether oxygens (including phenoxy) is 4. The van der Waals surface area contributed by atoms with Crippen LogP contribution < -0.4 is 18.9 Å². The fourth-order valence-corrected chi connectivity index (χ4v) is 4.18. The van der Waals surface area contributed by atoms with Gasteiger partial charge in [0.25, 0.3) is 0 Å². The molecule has 2 aromatic carbocycles. The van der Waals surface area contributed by atoms with E-state index in [9.17, 15) is 9.59 Å². The maximum atomic E-state index is 12.9. The smallest absolute Gasteiger partial charge is 0.223 e. The van der Waals surface area contributed by atoms with Crippen LogP contribution in [0, 0.1) is 5.92 Å². The molecule has 0 spiro atoms. The van der Waals surface area contributed by atoms with Crippen LogP contribution in [-0.2, 0) is 22.6 Å². The highest BCUT2D eigenvalue weighted by Crippen LogP contribution is 2.36. The number of halogens is 1. The third-order valence-corrected chi connectivity index (χ3v) is 5.94. The van der Waals surface area contributed by atoms with E-state index in [-0.39, 0.29) is 43.5 Å². The summed E-state index contributed by atoms with van der Waals surface area (Å²) >= 11 is 6.17. The minimum atomic E-state index is -0.371. The van der Waals surface area contributed by atoms with Crippen LogP contribution in [0.1, 0.15) is 24.0 Å². The molecule has 8 heteroatoms. The zero-order valence-electron chi connectivity index (χ0n) is 18.8. The summed E-state index contributed by atoms with van der Waals surface area (Å²) in [6.07, 6.45) is 0.811. The van der Waals surface area contributed by atoms with Crippen molar-refractivity contribution in [3.8, 4) is 23.0 Å². The summed E-state index contributed by atoms with van der Waals surface area (Å²) in [6.45, 7) is 0.539. The van der Waals surface area contributed by atoms with E-state index in [0.29, 0.717) is 34.4 Å². The van der Waals surface area contributed by atoms with Gasteiger partial charge in [-0.15, -0.1) is 0 Å². The van der Waals surface area contributed by atoms with Crippen LogP contribution in [0.3, 0.4) is 0 Å². The van der Waals surface area contributed by atoms with Crippen LogP contribution in [0.4, 0.5) is 0 Å². The summed E-state index contributed by atoms with van der Waals surface area (Å²) in [7, 11) is 6.26. The quantitative estimate of drug-likeness (QED) is 0.593. The lowest BCUT2D eigenvalue weighted by Crippen LogP contribution is -2.35. The zero-order chi connectivity index (χ0) is 23.3. The third kappa shape index (κ3) is 5.27.